The lowest BCUT2D eigenvalue weighted by atomic mass is 10.2. The molecule has 0 atom stereocenters. The Morgan fingerprint density at radius 2 is 2.06 bits per heavy atom. The normalized spacial score (nSPS) is 10.5. The first-order valence-electron chi connectivity index (χ1n) is 4.13. The van der Waals surface area contributed by atoms with Gasteiger partial charge in [0.1, 0.15) is 0 Å². The van der Waals surface area contributed by atoms with Gasteiger partial charge in [-0.2, -0.15) is 5.10 Å². The van der Waals surface area contributed by atoms with E-state index in [1.54, 1.807) is 0 Å². The highest BCUT2D eigenvalue weighted by atomic mass is 35.5. The van der Waals surface area contributed by atoms with Crippen molar-refractivity contribution >= 4 is 52.4 Å². The van der Waals surface area contributed by atoms with Crippen LogP contribution < -0.4 is 11.2 Å². The van der Waals surface area contributed by atoms with Crippen molar-refractivity contribution in [2.45, 2.75) is 0 Å². The summed E-state index contributed by atoms with van der Waals surface area (Å²) in [6.45, 7) is 0. The minimum Gasteiger partial charge on any atom is -0.375 e. The van der Waals surface area contributed by atoms with E-state index in [2.05, 4.69) is 22.7 Å². The van der Waals surface area contributed by atoms with Crippen LogP contribution in [0, 0.1) is 10.1 Å². The molecule has 3 N–H and O–H groups in total. The number of hydrogen-bond donors (Lipinski definition) is 2. The smallest absolute Gasteiger partial charge is 0.272 e. The molecular weight excluding hydrogens is 287 g/mol. The third-order valence-electron chi connectivity index (χ3n) is 1.64. The lowest BCUT2D eigenvalue weighted by Crippen LogP contribution is -2.24. The number of rotatable bonds is 3. The number of hydrogen-bond acceptors (Lipinski definition) is 4. The molecule has 0 saturated carbocycles. The van der Waals surface area contributed by atoms with E-state index >= 15 is 0 Å². The van der Waals surface area contributed by atoms with Crippen molar-refractivity contribution in [1.82, 2.24) is 5.43 Å². The van der Waals surface area contributed by atoms with E-state index in [0.717, 1.165) is 0 Å². The van der Waals surface area contributed by atoms with Gasteiger partial charge < -0.3 is 5.73 Å². The number of nitrogens with one attached hydrogen (secondary N) is 1. The Labute approximate surface area is 112 Å². The van der Waals surface area contributed by atoms with E-state index in [-0.39, 0.29) is 20.8 Å². The summed E-state index contributed by atoms with van der Waals surface area (Å²) in [7, 11) is 0. The van der Waals surface area contributed by atoms with Gasteiger partial charge in [-0.15, -0.1) is 0 Å². The van der Waals surface area contributed by atoms with Gasteiger partial charge in [-0.3, -0.25) is 15.5 Å². The lowest BCUT2D eigenvalue weighted by Gasteiger charge is -2.01. The van der Waals surface area contributed by atoms with Crippen molar-refractivity contribution in [2.24, 2.45) is 10.8 Å². The molecular formula is C8H6Cl2N4O2S. The van der Waals surface area contributed by atoms with Gasteiger partial charge in [0, 0.05) is 17.7 Å². The number of halogens is 2. The highest BCUT2D eigenvalue weighted by Crippen LogP contribution is 2.28. The SMILES string of the molecule is NC(=S)NN=Cc1c(Cl)cc([N+](=O)[O-])cc1Cl. The van der Waals surface area contributed by atoms with Crippen LogP contribution in [0.3, 0.4) is 0 Å². The van der Waals surface area contributed by atoms with E-state index in [9.17, 15) is 10.1 Å². The standard InChI is InChI=1S/C8H6Cl2N4O2S/c9-6-1-4(14(15)16)2-7(10)5(6)3-12-13-8(11)17/h1-3H,(H3,11,13,17). The van der Waals surface area contributed by atoms with Crippen LogP contribution in [-0.2, 0) is 0 Å². The van der Waals surface area contributed by atoms with Gasteiger partial charge in [-0.05, 0) is 12.2 Å². The summed E-state index contributed by atoms with van der Waals surface area (Å²) in [4.78, 5) is 9.94. The fourth-order valence-corrected chi connectivity index (χ4v) is 1.59. The average molecular weight is 293 g/mol. The molecule has 6 nitrogen and oxygen atoms in total. The van der Waals surface area contributed by atoms with Crippen molar-refractivity contribution in [1.29, 1.82) is 0 Å². The number of thiocarbonyl (C=S) groups is 1. The Morgan fingerprint density at radius 1 is 1.53 bits per heavy atom. The van der Waals surface area contributed by atoms with E-state index in [1.807, 2.05) is 0 Å². The van der Waals surface area contributed by atoms with Crippen molar-refractivity contribution in [3.05, 3.63) is 37.9 Å². The van der Waals surface area contributed by atoms with Gasteiger partial charge in [0.25, 0.3) is 5.69 Å². The Kier molecular flexibility index (Phi) is 4.62. The minimum absolute atomic E-state index is 0.0181. The molecule has 0 saturated heterocycles. The fourth-order valence-electron chi connectivity index (χ4n) is 0.960. The van der Waals surface area contributed by atoms with Crippen LogP contribution in [0.1, 0.15) is 5.56 Å². The van der Waals surface area contributed by atoms with Crippen LogP contribution in [0.25, 0.3) is 0 Å². The lowest BCUT2D eigenvalue weighted by molar-refractivity contribution is -0.384. The number of nitro benzene ring substituents is 1. The van der Waals surface area contributed by atoms with Crippen LogP contribution in [0.2, 0.25) is 10.0 Å². The molecule has 0 bridgehead atoms. The molecule has 90 valence electrons. The van der Waals surface area contributed by atoms with E-state index in [1.165, 1.54) is 18.3 Å². The molecule has 0 fully saturated rings. The zero-order valence-electron chi connectivity index (χ0n) is 8.18. The molecule has 0 aliphatic carbocycles. The molecule has 0 aliphatic heterocycles. The third-order valence-corrected chi connectivity index (χ3v) is 2.36. The van der Waals surface area contributed by atoms with Crippen LogP contribution >= 0.6 is 35.4 Å². The van der Waals surface area contributed by atoms with Crippen molar-refractivity contribution in [2.75, 3.05) is 0 Å². The Balaban J connectivity index is 3.05. The summed E-state index contributed by atoms with van der Waals surface area (Å²) >= 11 is 16.2. The zero-order chi connectivity index (χ0) is 13.0. The maximum atomic E-state index is 10.5. The van der Waals surface area contributed by atoms with Crippen LogP contribution in [0.15, 0.2) is 17.2 Å². The van der Waals surface area contributed by atoms with Crippen LogP contribution in [-0.4, -0.2) is 16.3 Å². The summed E-state index contributed by atoms with van der Waals surface area (Å²) in [5.74, 6) is 0. The van der Waals surface area contributed by atoms with Gasteiger partial charge >= 0.3 is 0 Å². The Hall–Kier alpha value is -1.44. The van der Waals surface area contributed by atoms with Gasteiger partial charge in [-0.1, -0.05) is 23.2 Å². The molecule has 0 amide bonds. The number of nitrogens with zero attached hydrogens (tertiary/aromatic N) is 2. The van der Waals surface area contributed by atoms with Crippen molar-refractivity contribution < 1.29 is 4.92 Å². The van der Waals surface area contributed by atoms with Gasteiger partial charge in [0.15, 0.2) is 5.11 Å². The van der Waals surface area contributed by atoms with Crippen molar-refractivity contribution in [3.8, 4) is 0 Å². The number of nitrogens with two attached hydrogens (primary N) is 1. The zero-order valence-corrected chi connectivity index (χ0v) is 10.5. The molecule has 0 aromatic heterocycles. The predicted octanol–water partition coefficient (Wildman–Crippen LogP) is 2.07. The summed E-state index contributed by atoms with van der Waals surface area (Å²) in [5.41, 5.74) is 7.60. The second-order valence-electron chi connectivity index (χ2n) is 2.81. The number of nitro groups is 1. The molecule has 1 aromatic rings. The van der Waals surface area contributed by atoms with Gasteiger partial charge in [0.2, 0.25) is 0 Å². The monoisotopic (exact) mass is 292 g/mol. The average Bonchev–Trinajstić information content (AvgIpc) is 2.21. The van der Waals surface area contributed by atoms with Crippen molar-refractivity contribution in [3.63, 3.8) is 0 Å². The summed E-state index contributed by atoms with van der Waals surface area (Å²) < 4.78 is 0. The summed E-state index contributed by atoms with van der Waals surface area (Å²) in [6.07, 6.45) is 1.27. The highest BCUT2D eigenvalue weighted by Gasteiger charge is 2.13. The van der Waals surface area contributed by atoms with Gasteiger partial charge in [0.05, 0.1) is 21.2 Å². The third kappa shape index (κ3) is 3.81. The molecule has 0 radical (unpaired) electrons. The van der Waals surface area contributed by atoms with E-state index in [4.69, 9.17) is 28.9 Å². The minimum atomic E-state index is -0.591. The molecule has 9 heteroatoms. The first-order valence-corrected chi connectivity index (χ1v) is 5.30. The van der Waals surface area contributed by atoms with E-state index in [0.29, 0.717) is 5.56 Å². The Morgan fingerprint density at radius 3 is 2.47 bits per heavy atom. The van der Waals surface area contributed by atoms with Gasteiger partial charge in [-0.25, -0.2) is 0 Å². The quantitative estimate of drug-likeness (QED) is 0.385. The topological polar surface area (TPSA) is 93.5 Å². The maximum absolute atomic E-state index is 10.5. The molecule has 17 heavy (non-hydrogen) atoms. The van der Waals surface area contributed by atoms with E-state index < -0.39 is 4.92 Å². The first kappa shape index (κ1) is 13.6. The highest BCUT2D eigenvalue weighted by molar-refractivity contribution is 7.80. The molecule has 0 unspecified atom stereocenters. The number of hydrazone groups is 1. The molecule has 1 rings (SSSR count). The Bertz CT molecular complexity index is 483. The predicted molar refractivity (Wildman–Crippen MR) is 70.6 cm³/mol. The maximum Gasteiger partial charge on any atom is 0.272 e. The fraction of sp³-hybridized carbons (Fsp3) is 0. The number of benzene rings is 1. The molecule has 0 aliphatic rings. The second kappa shape index (κ2) is 5.76. The molecule has 1 aromatic carbocycles. The van der Waals surface area contributed by atoms with Crippen LogP contribution in [0.5, 0.6) is 0 Å². The molecule has 0 spiro atoms. The molecule has 0 heterocycles. The number of non-ortho nitro benzene ring substituents is 1. The summed E-state index contributed by atoms with van der Waals surface area (Å²) in [5, 5.41) is 14.4. The second-order valence-corrected chi connectivity index (χ2v) is 4.07. The largest absolute Gasteiger partial charge is 0.375 e. The first-order chi connectivity index (χ1) is 7.91. The van der Waals surface area contributed by atoms with Crippen LogP contribution in [0.4, 0.5) is 5.69 Å². The summed E-state index contributed by atoms with van der Waals surface area (Å²) in [6, 6.07) is 2.35.